The molecule has 0 unspecified atom stereocenters. The highest BCUT2D eigenvalue weighted by atomic mass is 32.1. The molecule has 0 aliphatic heterocycles. The van der Waals surface area contributed by atoms with Gasteiger partial charge in [-0.05, 0) is 124 Å². The second-order valence-electron chi connectivity index (χ2n) is 11.6. The third-order valence-corrected chi connectivity index (χ3v) is 8.08. The molecule has 0 amide bonds. The normalized spacial score (nSPS) is 11.3. The molecule has 256 valence electrons. The van der Waals surface area contributed by atoms with Crippen molar-refractivity contribution in [3.63, 3.8) is 0 Å². The van der Waals surface area contributed by atoms with Crippen LogP contribution in [0.3, 0.4) is 0 Å². The first-order valence-corrected chi connectivity index (χ1v) is 16.6. The molecule has 0 aliphatic rings. The molecule has 49 heavy (non-hydrogen) atoms. The van der Waals surface area contributed by atoms with E-state index in [1.54, 1.807) is 42.5 Å². The first-order valence-electron chi connectivity index (χ1n) is 16.2. The van der Waals surface area contributed by atoms with Crippen LogP contribution < -0.4 is 9.47 Å². The molecule has 0 aromatic heterocycles. The molecule has 4 aromatic carbocycles. The number of unbranched alkanes of at least 4 members (excludes halogenated alkanes) is 3. The molecular formula is C40H38F5NO2S. The number of aliphatic imine (C=N–C) groups is 1. The number of allylic oxidation sites excluding steroid dienone is 3. The summed E-state index contributed by atoms with van der Waals surface area (Å²) in [5.74, 6) is -3.26. The zero-order valence-corrected chi connectivity index (χ0v) is 28.2. The number of halogens is 5. The summed E-state index contributed by atoms with van der Waals surface area (Å²) < 4.78 is 83.2. The van der Waals surface area contributed by atoms with Crippen molar-refractivity contribution < 1.29 is 31.4 Å². The van der Waals surface area contributed by atoms with Gasteiger partial charge < -0.3 is 9.47 Å². The summed E-state index contributed by atoms with van der Waals surface area (Å²) in [5, 5.41) is 1.93. The Labute approximate surface area is 289 Å². The minimum Gasteiger partial charge on any atom is -0.494 e. The predicted octanol–water partition coefficient (Wildman–Crippen LogP) is 12.4. The summed E-state index contributed by atoms with van der Waals surface area (Å²) in [5.41, 5.74) is 1.93. The van der Waals surface area contributed by atoms with Crippen LogP contribution in [0.5, 0.6) is 11.5 Å². The van der Waals surface area contributed by atoms with Crippen molar-refractivity contribution in [2.24, 2.45) is 4.99 Å². The fraction of sp³-hybridized carbons (Fsp3) is 0.275. The van der Waals surface area contributed by atoms with Crippen LogP contribution in [-0.4, -0.2) is 18.4 Å². The van der Waals surface area contributed by atoms with E-state index in [0.717, 1.165) is 63.5 Å². The number of thiocarbonyl (C=S) groups is 1. The summed E-state index contributed by atoms with van der Waals surface area (Å²) in [6.07, 6.45) is 11.3. The smallest absolute Gasteiger partial charge is 0.166 e. The van der Waals surface area contributed by atoms with Crippen LogP contribution in [0.1, 0.15) is 56.9 Å². The van der Waals surface area contributed by atoms with E-state index in [0.29, 0.717) is 30.3 Å². The third kappa shape index (κ3) is 10.7. The standard InChI is InChI=1S/C40H38F5NO2S/c1-3-4-5-10-28(11-6-8-21-47-31-16-14-29(15-17-31)34-19-13-27(2)38(44)39(34)45)12-7-9-22-48-32-18-20-33(35(41)25-32)30-23-36(42)40(46-26-49)37(43)24-30/h3,10,13-20,23-25H,1,4-9,11-12,21-22H2,2H3/b28-10+. The lowest BCUT2D eigenvalue weighted by atomic mass is 10.0. The minimum absolute atomic E-state index is 0.0354. The predicted molar refractivity (Wildman–Crippen MR) is 189 cm³/mol. The molecule has 0 saturated carbocycles. The number of isothiocyanates is 1. The Bertz CT molecular complexity index is 1790. The van der Waals surface area contributed by atoms with E-state index in [1.165, 1.54) is 24.6 Å². The Balaban J connectivity index is 1.19. The van der Waals surface area contributed by atoms with E-state index < -0.39 is 34.8 Å². The Kier molecular flexibility index (Phi) is 14.3. The number of hydrogen-bond donors (Lipinski definition) is 0. The highest BCUT2D eigenvalue weighted by Crippen LogP contribution is 2.32. The summed E-state index contributed by atoms with van der Waals surface area (Å²) in [7, 11) is 0. The SMILES string of the molecule is C=CCC/C=C(\CCCCOc1ccc(-c2ccc(C)c(F)c2F)cc1)CCCCOc1ccc(-c2cc(F)c(N=C=S)c(F)c2)c(F)c1. The number of hydrogen-bond acceptors (Lipinski definition) is 4. The highest BCUT2D eigenvalue weighted by molar-refractivity contribution is 7.78. The van der Waals surface area contributed by atoms with Gasteiger partial charge in [-0.2, -0.15) is 4.99 Å². The zero-order chi connectivity index (χ0) is 35.2. The second-order valence-corrected chi connectivity index (χ2v) is 11.7. The number of benzene rings is 4. The number of aryl methyl sites for hydroxylation is 1. The molecule has 3 nitrogen and oxygen atoms in total. The first kappa shape index (κ1) is 37.2. The van der Waals surface area contributed by atoms with Gasteiger partial charge in [-0.15, -0.1) is 6.58 Å². The lowest BCUT2D eigenvalue weighted by Crippen LogP contribution is -2.00. The summed E-state index contributed by atoms with van der Waals surface area (Å²) >= 11 is 4.41. The van der Waals surface area contributed by atoms with Gasteiger partial charge in [0, 0.05) is 17.2 Å². The van der Waals surface area contributed by atoms with Crippen molar-refractivity contribution in [2.75, 3.05) is 13.2 Å². The van der Waals surface area contributed by atoms with Gasteiger partial charge in [0.1, 0.15) is 23.0 Å². The fourth-order valence-electron chi connectivity index (χ4n) is 5.32. The maximum absolute atomic E-state index is 14.8. The van der Waals surface area contributed by atoms with Gasteiger partial charge in [0.15, 0.2) is 23.3 Å². The number of ether oxygens (including phenoxy) is 2. The number of rotatable bonds is 18. The second kappa shape index (κ2) is 18.8. The average molecular weight is 692 g/mol. The van der Waals surface area contributed by atoms with Crippen molar-refractivity contribution in [2.45, 2.75) is 58.3 Å². The van der Waals surface area contributed by atoms with Crippen LogP contribution in [0.15, 0.2) is 96.0 Å². The fourth-order valence-corrected chi connectivity index (χ4v) is 5.41. The van der Waals surface area contributed by atoms with Crippen LogP contribution in [0, 0.1) is 36.0 Å². The van der Waals surface area contributed by atoms with Crippen LogP contribution in [0.2, 0.25) is 0 Å². The molecule has 4 rings (SSSR count). The summed E-state index contributed by atoms with van der Waals surface area (Å²) in [6.45, 7) is 6.26. The molecule has 0 radical (unpaired) electrons. The van der Waals surface area contributed by atoms with Crippen molar-refractivity contribution in [1.29, 1.82) is 0 Å². The molecule has 4 aromatic rings. The largest absolute Gasteiger partial charge is 0.494 e. The van der Waals surface area contributed by atoms with Gasteiger partial charge in [-0.1, -0.05) is 42.0 Å². The first-order chi connectivity index (χ1) is 23.7. The van der Waals surface area contributed by atoms with Crippen molar-refractivity contribution in [3.8, 4) is 33.8 Å². The Morgan fingerprint density at radius 3 is 1.94 bits per heavy atom. The minimum atomic E-state index is -0.960. The van der Waals surface area contributed by atoms with Gasteiger partial charge in [0.25, 0.3) is 0 Å². The van der Waals surface area contributed by atoms with Gasteiger partial charge in [-0.25, -0.2) is 22.0 Å². The van der Waals surface area contributed by atoms with Crippen molar-refractivity contribution in [3.05, 3.63) is 126 Å². The van der Waals surface area contributed by atoms with E-state index in [4.69, 9.17) is 9.47 Å². The summed E-state index contributed by atoms with van der Waals surface area (Å²) in [4.78, 5) is 3.38. The lowest BCUT2D eigenvalue weighted by Gasteiger charge is -2.11. The van der Waals surface area contributed by atoms with Crippen molar-refractivity contribution in [1.82, 2.24) is 0 Å². The molecule has 0 spiro atoms. The van der Waals surface area contributed by atoms with E-state index in [-0.39, 0.29) is 22.3 Å². The molecule has 9 heteroatoms. The average Bonchev–Trinajstić information content (AvgIpc) is 3.08. The maximum Gasteiger partial charge on any atom is 0.166 e. The third-order valence-electron chi connectivity index (χ3n) is 7.99. The van der Waals surface area contributed by atoms with Crippen molar-refractivity contribution >= 4 is 23.1 Å². The topological polar surface area (TPSA) is 30.8 Å². The van der Waals surface area contributed by atoms with E-state index in [1.807, 2.05) is 11.2 Å². The van der Waals surface area contributed by atoms with Gasteiger partial charge >= 0.3 is 0 Å². The van der Waals surface area contributed by atoms with Gasteiger partial charge in [0.05, 0.1) is 18.4 Å². The molecular weight excluding hydrogens is 654 g/mol. The molecule has 0 aliphatic carbocycles. The monoisotopic (exact) mass is 691 g/mol. The molecule has 0 bridgehead atoms. The van der Waals surface area contributed by atoms with E-state index in [9.17, 15) is 22.0 Å². The quantitative estimate of drug-likeness (QED) is 0.0342. The molecule has 0 saturated heterocycles. The molecule has 0 fully saturated rings. The van der Waals surface area contributed by atoms with E-state index in [2.05, 4.69) is 29.9 Å². The van der Waals surface area contributed by atoms with Crippen LogP contribution >= 0.6 is 12.2 Å². The molecule has 0 N–H and O–H groups in total. The number of nitrogens with zero attached hydrogens (tertiary/aromatic N) is 1. The highest BCUT2D eigenvalue weighted by Gasteiger charge is 2.15. The van der Waals surface area contributed by atoms with Gasteiger partial charge in [-0.3, -0.25) is 0 Å². The molecule has 0 heterocycles. The van der Waals surface area contributed by atoms with Gasteiger partial charge in [0.2, 0.25) is 0 Å². The zero-order valence-electron chi connectivity index (χ0n) is 27.3. The van der Waals surface area contributed by atoms with Crippen LogP contribution in [0.25, 0.3) is 22.3 Å². The summed E-state index contributed by atoms with van der Waals surface area (Å²) in [6, 6.07) is 16.3. The van der Waals surface area contributed by atoms with Crippen LogP contribution in [0.4, 0.5) is 27.6 Å². The lowest BCUT2D eigenvalue weighted by molar-refractivity contribution is 0.303. The Morgan fingerprint density at radius 2 is 1.33 bits per heavy atom. The Morgan fingerprint density at radius 1 is 0.714 bits per heavy atom. The van der Waals surface area contributed by atoms with E-state index >= 15 is 0 Å². The maximum atomic E-state index is 14.8. The Hall–Kier alpha value is -4.59. The van der Waals surface area contributed by atoms with Crippen LogP contribution in [-0.2, 0) is 0 Å². The molecule has 0 atom stereocenters.